The largest absolute Gasteiger partial charge is 0.494 e. The molecule has 25 heavy (non-hydrogen) atoms. The van der Waals surface area contributed by atoms with Gasteiger partial charge in [0.1, 0.15) is 10.8 Å². The van der Waals surface area contributed by atoms with Gasteiger partial charge in [-0.15, -0.1) is 23.1 Å². The van der Waals surface area contributed by atoms with Crippen LogP contribution >= 0.6 is 23.1 Å². The fourth-order valence-electron chi connectivity index (χ4n) is 2.12. The van der Waals surface area contributed by atoms with E-state index in [0.29, 0.717) is 6.61 Å². The molecule has 0 saturated heterocycles. The van der Waals surface area contributed by atoms with E-state index in [2.05, 4.69) is 15.7 Å². The second-order valence-electron chi connectivity index (χ2n) is 6.79. The summed E-state index contributed by atoms with van der Waals surface area (Å²) in [5, 5.41) is 5.96. The molecule has 0 aliphatic carbocycles. The summed E-state index contributed by atoms with van der Waals surface area (Å²) in [6.07, 6.45) is 0. The van der Waals surface area contributed by atoms with E-state index in [1.54, 1.807) is 23.1 Å². The summed E-state index contributed by atoms with van der Waals surface area (Å²) >= 11 is 3.23. The average molecular weight is 379 g/mol. The van der Waals surface area contributed by atoms with Crippen molar-refractivity contribution < 1.29 is 9.53 Å². The summed E-state index contributed by atoms with van der Waals surface area (Å²) in [6.45, 7) is 10.6. The van der Waals surface area contributed by atoms with E-state index in [1.165, 1.54) is 0 Å². The Morgan fingerprint density at radius 3 is 2.60 bits per heavy atom. The molecule has 0 unspecified atom stereocenters. The van der Waals surface area contributed by atoms with E-state index in [4.69, 9.17) is 4.74 Å². The summed E-state index contributed by atoms with van der Waals surface area (Å²) in [6, 6.07) is 7.99. The minimum Gasteiger partial charge on any atom is -0.494 e. The molecular formula is C19H26N2O2S2. The van der Waals surface area contributed by atoms with E-state index >= 15 is 0 Å². The smallest absolute Gasteiger partial charge is 0.233 e. The standard InChI is InChI=1S/C19H26N2O2S2/c1-6-23-16-9-7-14(8-10-16)18-20-15(12-25-18)11-24-13(2)17(22)21-19(3,4)5/h7-10,12-13H,6,11H2,1-5H3,(H,21,22)/t13-/m0/s1. The lowest BCUT2D eigenvalue weighted by Crippen LogP contribution is -2.44. The minimum absolute atomic E-state index is 0.0689. The molecule has 0 aliphatic heterocycles. The van der Waals surface area contributed by atoms with Crippen LogP contribution in [0.2, 0.25) is 0 Å². The fourth-order valence-corrected chi connectivity index (χ4v) is 3.83. The van der Waals surface area contributed by atoms with Crippen LogP contribution in [-0.4, -0.2) is 28.3 Å². The highest BCUT2D eigenvalue weighted by Gasteiger charge is 2.19. The lowest BCUT2D eigenvalue weighted by molar-refractivity contribution is -0.121. The third kappa shape index (κ3) is 6.36. The quantitative estimate of drug-likeness (QED) is 0.756. The zero-order chi connectivity index (χ0) is 18.4. The Morgan fingerprint density at radius 1 is 1.32 bits per heavy atom. The molecule has 6 heteroatoms. The minimum atomic E-state index is -0.201. The Hall–Kier alpha value is -1.53. The Bertz CT molecular complexity index is 690. The normalized spacial score (nSPS) is 12.7. The first-order chi connectivity index (χ1) is 11.8. The molecule has 1 atom stereocenters. The van der Waals surface area contributed by atoms with Crippen LogP contribution in [0.1, 0.15) is 40.3 Å². The summed E-state index contributed by atoms with van der Waals surface area (Å²) in [5.41, 5.74) is 1.89. The van der Waals surface area contributed by atoms with Crippen LogP contribution in [0.15, 0.2) is 29.6 Å². The van der Waals surface area contributed by atoms with Crippen LogP contribution < -0.4 is 10.1 Å². The number of carbonyl (C=O) groups is 1. The van der Waals surface area contributed by atoms with Gasteiger partial charge in [0.05, 0.1) is 17.6 Å². The van der Waals surface area contributed by atoms with E-state index in [1.807, 2.05) is 58.9 Å². The van der Waals surface area contributed by atoms with Crippen LogP contribution in [0.3, 0.4) is 0 Å². The maximum atomic E-state index is 12.1. The van der Waals surface area contributed by atoms with Crippen LogP contribution in [0.4, 0.5) is 0 Å². The van der Waals surface area contributed by atoms with Gasteiger partial charge in [0.2, 0.25) is 5.91 Å². The fraction of sp³-hybridized carbons (Fsp3) is 0.474. The van der Waals surface area contributed by atoms with Crippen molar-refractivity contribution in [3.05, 3.63) is 35.3 Å². The number of thioether (sulfide) groups is 1. The van der Waals surface area contributed by atoms with Crippen molar-refractivity contribution in [3.8, 4) is 16.3 Å². The molecule has 1 heterocycles. The van der Waals surface area contributed by atoms with Gasteiger partial charge in [-0.2, -0.15) is 0 Å². The molecule has 2 rings (SSSR count). The zero-order valence-corrected chi connectivity index (χ0v) is 17.1. The number of amides is 1. The Morgan fingerprint density at radius 2 is 2.00 bits per heavy atom. The highest BCUT2D eigenvalue weighted by Crippen LogP contribution is 2.28. The van der Waals surface area contributed by atoms with Gasteiger partial charge < -0.3 is 10.1 Å². The first kappa shape index (κ1) is 19.8. The monoisotopic (exact) mass is 378 g/mol. The molecule has 1 N–H and O–H groups in total. The van der Waals surface area contributed by atoms with E-state index in [0.717, 1.165) is 27.8 Å². The van der Waals surface area contributed by atoms with Crippen LogP contribution in [0.5, 0.6) is 5.75 Å². The number of benzene rings is 1. The molecule has 0 fully saturated rings. The number of aromatic nitrogens is 1. The van der Waals surface area contributed by atoms with Gasteiger partial charge in [0.15, 0.2) is 0 Å². The van der Waals surface area contributed by atoms with Gasteiger partial charge in [0.25, 0.3) is 0 Å². The molecule has 1 aromatic heterocycles. The maximum Gasteiger partial charge on any atom is 0.233 e. The molecule has 0 bridgehead atoms. The number of nitrogens with zero attached hydrogens (tertiary/aromatic N) is 1. The van der Waals surface area contributed by atoms with Crippen molar-refractivity contribution in [1.29, 1.82) is 0 Å². The van der Waals surface area contributed by atoms with E-state index in [-0.39, 0.29) is 16.7 Å². The molecule has 2 aromatic rings. The summed E-state index contributed by atoms with van der Waals surface area (Å²) in [7, 11) is 0. The SMILES string of the molecule is CCOc1ccc(-c2nc(CS[C@@H](C)C(=O)NC(C)(C)C)cs2)cc1. The predicted molar refractivity (Wildman–Crippen MR) is 107 cm³/mol. The Labute approximate surface area is 158 Å². The van der Waals surface area contributed by atoms with Crippen LogP contribution in [0, 0.1) is 0 Å². The number of hydrogen-bond acceptors (Lipinski definition) is 5. The molecule has 0 aliphatic rings. The molecular weight excluding hydrogens is 352 g/mol. The number of hydrogen-bond donors (Lipinski definition) is 1. The lowest BCUT2D eigenvalue weighted by Gasteiger charge is -2.22. The first-order valence-corrected chi connectivity index (χ1v) is 10.3. The van der Waals surface area contributed by atoms with Gasteiger partial charge in [-0.05, 0) is 58.9 Å². The third-order valence-corrected chi connectivity index (χ3v) is 5.43. The molecule has 1 amide bonds. The highest BCUT2D eigenvalue weighted by molar-refractivity contribution is 7.99. The predicted octanol–water partition coefficient (Wildman–Crippen LogP) is 4.75. The van der Waals surface area contributed by atoms with Crippen molar-refractivity contribution in [2.45, 2.75) is 51.2 Å². The van der Waals surface area contributed by atoms with Crippen molar-refractivity contribution in [3.63, 3.8) is 0 Å². The van der Waals surface area contributed by atoms with E-state index in [9.17, 15) is 4.79 Å². The number of rotatable bonds is 7. The molecule has 136 valence electrons. The Balaban J connectivity index is 1.92. The van der Waals surface area contributed by atoms with Crippen molar-refractivity contribution >= 4 is 29.0 Å². The number of ether oxygens (including phenoxy) is 1. The topological polar surface area (TPSA) is 51.2 Å². The average Bonchev–Trinajstić information content (AvgIpc) is 3.01. The number of carbonyl (C=O) groups excluding carboxylic acids is 1. The van der Waals surface area contributed by atoms with Gasteiger partial charge in [-0.3, -0.25) is 4.79 Å². The molecule has 0 radical (unpaired) electrons. The zero-order valence-electron chi connectivity index (χ0n) is 15.5. The first-order valence-electron chi connectivity index (χ1n) is 8.40. The maximum absolute atomic E-state index is 12.1. The second-order valence-corrected chi connectivity index (χ2v) is 8.98. The Kier molecular flexibility index (Phi) is 6.90. The summed E-state index contributed by atoms with van der Waals surface area (Å²) in [5.74, 6) is 1.67. The van der Waals surface area contributed by atoms with Crippen LogP contribution in [0.25, 0.3) is 10.6 Å². The lowest BCUT2D eigenvalue weighted by atomic mass is 10.1. The second kappa shape index (κ2) is 8.72. The molecule has 0 saturated carbocycles. The van der Waals surface area contributed by atoms with Gasteiger partial charge in [-0.1, -0.05) is 0 Å². The number of nitrogens with one attached hydrogen (secondary N) is 1. The summed E-state index contributed by atoms with van der Waals surface area (Å²) < 4.78 is 5.47. The van der Waals surface area contributed by atoms with Crippen molar-refractivity contribution in [1.82, 2.24) is 10.3 Å². The van der Waals surface area contributed by atoms with E-state index < -0.39 is 0 Å². The van der Waals surface area contributed by atoms with Gasteiger partial charge in [0, 0.05) is 22.2 Å². The van der Waals surface area contributed by atoms with Gasteiger partial charge >= 0.3 is 0 Å². The summed E-state index contributed by atoms with van der Waals surface area (Å²) in [4.78, 5) is 16.8. The van der Waals surface area contributed by atoms with Gasteiger partial charge in [-0.25, -0.2) is 4.98 Å². The molecule has 0 spiro atoms. The third-order valence-electron chi connectivity index (χ3n) is 3.31. The molecule has 1 aromatic carbocycles. The number of thiazole rings is 1. The van der Waals surface area contributed by atoms with Crippen LogP contribution in [-0.2, 0) is 10.5 Å². The molecule has 4 nitrogen and oxygen atoms in total. The van der Waals surface area contributed by atoms with Crippen molar-refractivity contribution in [2.24, 2.45) is 0 Å². The van der Waals surface area contributed by atoms with Crippen molar-refractivity contribution in [2.75, 3.05) is 6.61 Å². The highest BCUT2D eigenvalue weighted by atomic mass is 32.2.